The van der Waals surface area contributed by atoms with Crippen molar-refractivity contribution >= 4 is 34.6 Å². The van der Waals surface area contributed by atoms with Crippen molar-refractivity contribution in [3.63, 3.8) is 0 Å². The molecule has 0 spiro atoms. The molecule has 0 aliphatic carbocycles. The van der Waals surface area contributed by atoms with Gasteiger partial charge in [-0.3, -0.25) is 25.0 Å². The zero-order valence-corrected chi connectivity index (χ0v) is 12.0. The van der Waals surface area contributed by atoms with Crippen LogP contribution in [0.15, 0.2) is 36.4 Å². The Hall–Kier alpha value is -3.20. The van der Waals surface area contributed by atoms with Crippen molar-refractivity contribution in [2.45, 2.75) is 0 Å². The average Bonchev–Trinajstić information content (AvgIpc) is 2.50. The second-order valence-corrected chi connectivity index (χ2v) is 4.77. The largest absolute Gasteiger partial charge is 0.506 e. The van der Waals surface area contributed by atoms with Crippen molar-refractivity contribution < 1.29 is 19.7 Å². The van der Waals surface area contributed by atoms with Crippen LogP contribution in [0.25, 0.3) is 0 Å². The lowest BCUT2D eigenvalue weighted by Gasteiger charge is -2.08. The number of nitrogens with one attached hydrogen (secondary N) is 1. The Bertz CT molecular complexity index is 823. The minimum Gasteiger partial charge on any atom is -0.506 e. The maximum Gasteiger partial charge on any atom is 0.289 e. The summed E-state index contributed by atoms with van der Waals surface area (Å²) in [6.45, 7) is 0. The van der Waals surface area contributed by atoms with E-state index in [0.717, 1.165) is 12.1 Å². The summed E-state index contributed by atoms with van der Waals surface area (Å²) >= 11 is 5.74. The van der Waals surface area contributed by atoms with Gasteiger partial charge in [0.25, 0.3) is 17.3 Å². The molecule has 0 heterocycles. The number of rotatable bonds is 4. The van der Waals surface area contributed by atoms with Crippen molar-refractivity contribution in [1.82, 2.24) is 0 Å². The number of nitrogens with zero attached hydrogens (tertiary/aromatic N) is 2. The molecule has 0 aliphatic heterocycles. The lowest BCUT2D eigenvalue weighted by atomic mass is 10.1. The number of carbonyl (C=O) groups is 1. The van der Waals surface area contributed by atoms with Gasteiger partial charge in [-0.15, -0.1) is 0 Å². The first-order valence-corrected chi connectivity index (χ1v) is 6.40. The first-order valence-electron chi connectivity index (χ1n) is 6.02. The predicted molar refractivity (Wildman–Crippen MR) is 80.8 cm³/mol. The molecule has 118 valence electrons. The molecule has 2 N–H and O–H groups in total. The molecule has 0 aliphatic rings. The molecule has 0 saturated carbocycles. The molecule has 1 amide bonds. The van der Waals surface area contributed by atoms with Crippen LogP contribution in [-0.2, 0) is 0 Å². The van der Waals surface area contributed by atoms with Crippen molar-refractivity contribution in [3.05, 3.63) is 67.2 Å². The van der Waals surface area contributed by atoms with Crippen molar-refractivity contribution in [2.75, 3.05) is 5.32 Å². The number of hydrogen-bond donors (Lipinski definition) is 2. The predicted octanol–water partition coefficient (Wildman–Crippen LogP) is 3.11. The van der Waals surface area contributed by atoms with Gasteiger partial charge in [-0.2, -0.15) is 0 Å². The molecule has 0 atom stereocenters. The molecule has 0 bridgehead atoms. The van der Waals surface area contributed by atoms with Crippen LogP contribution in [0, 0.1) is 20.2 Å². The van der Waals surface area contributed by atoms with Gasteiger partial charge in [-0.1, -0.05) is 11.6 Å². The number of anilines is 1. The Morgan fingerprint density at radius 1 is 1.09 bits per heavy atom. The van der Waals surface area contributed by atoms with E-state index >= 15 is 0 Å². The topological polar surface area (TPSA) is 136 Å². The van der Waals surface area contributed by atoms with Crippen LogP contribution in [0.1, 0.15) is 10.4 Å². The number of carbonyl (C=O) groups excluding carboxylic acids is 1. The van der Waals surface area contributed by atoms with Gasteiger partial charge in [-0.25, -0.2) is 0 Å². The average molecular weight is 338 g/mol. The summed E-state index contributed by atoms with van der Waals surface area (Å²) in [7, 11) is 0. The number of hydrogen-bond acceptors (Lipinski definition) is 6. The first kappa shape index (κ1) is 16.2. The van der Waals surface area contributed by atoms with E-state index < -0.39 is 27.1 Å². The standard InChI is InChI=1S/C13H8ClN3O6/c14-7-1-4-12(18)10(5-7)15-13(19)9-3-2-8(16(20)21)6-11(9)17(22)23/h1-6,18H,(H,15,19). The van der Waals surface area contributed by atoms with Crippen LogP contribution in [0.3, 0.4) is 0 Å². The monoisotopic (exact) mass is 337 g/mol. The van der Waals surface area contributed by atoms with Crippen molar-refractivity contribution in [2.24, 2.45) is 0 Å². The molecular formula is C13H8ClN3O6. The number of benzene rings is 2. The smallest absolute Gasteiger partial charge is 0.289 e. The molecule has 0 unspecified atom stereocenters. The van der Waals surface area contributed by atoms with Gasteiger partial charge < -0.3 is 10.4 Å². The highest BCUT2D eigenvalue weighted by Crippen LogP contribution is 2.29. The van der Waals surface area contributed by atoms with E-state index in [-0.39, 0.29) is 22.0 Å². The van der Waals surface area contributed by atoms with Gasteiger partial charge in [0.05, 0.1) is 21.6 Å². The summed E-state index contributed by atoms with van der Waals surface area (Å²) in [4.78, 5) is 32.1. The summed E-state index contributed by atoms with van der Waals surface area (Å²) in [5.41, 5.74) is -1.67. The zero-order chi connectivity index (χ0) is 17.1. The molecule has 9 nitrogen and oxygen atoms in total. The number of halogens is 1. The fraction of sp³-hybridized carbons (Fsp3) is 0. The Kier molecular flexibility index (Phi) is 4.42. The minimum atomic E-state index is -0.913. The third-order valence-corrected chi connectivity index (χ3v) is 3.08. The molecular weight excluding hydrogens is 330 g/mol. The van der Waals surface area contributed by atoms with Gasteiger partial charge in [-0.05, 0) is 24.3 Å². The Morgan fingerprint density at radius 3 is 2.39 bits per heavy atom. The van der Waals surface area contributed by atoms with E-state index in [9.17, 15) is 30.1 Å². The Labute approximate surface area is 133 Å². The molecule has 2 aromatic carbocycles. The van der Waals surface area contributed by atoms with Gasteiger partial charge in [0.15, 0.2) is 0 Å². The molecule has 0 aromatic heterocycles. The van der Waals surface area contributed by atoms with E-state index in [1.165, 1.54) is 18.2 Å². The number of amides is 1. The van der Waals surface area contributed by atoms with Gasteiger partial charge in [0.2, 0.25) is 0 Å². The summed E-state index contributed by atoms with van der Waals surface area (Å²) in [5, 5.41) is 33.8. The molecule has 2 rings (SSSR count). The third kappa shape index (κ3) is 3.52. The lowest BCUT2D eigenvalue weighted by Crippen LogP contribution is -2.14. The van der Waals surface area contributed by atoms with E-state index in [1.807, 2.05) is 0 Å². The third-order valence-electron chi connectivity index (χ3n) is 2.84. The second kappa shape index (κ2) is 6.28. The minimum absolute atomic E-state index is 0.0462. The van der Waals surface area contributed by atoms with Crippen LogP contribution >= 0.6 is 11.6 Å². The van der Waals surface area contributed by atoms with Gasteiger partial charge in [0, 0.05) is 11.1 Å². The molecule has 0 fully saturated rings. The molecule has 0 saturated heterocycles. The van der Waals surface area contributed by atoms with Crippen LogP contribution in [0.2, 0.25) is 5.02 Å². The summed E-state index contributed by atoms with van der Waals surface area (Å²) < 4.78 is 0. The van der Waals surface area contributed by atoms with E-state index in [1.54, 1.807) is 0 Å². The van der Waals surface area contributed by atoms with E-state index in [0.29, 0.717) is 6.07 Å². The number of non-ortho nitro benzene ring substituents is 1. The summed E-state index contributed by atoms with van der Waals surface area (Å²) in [6, 6.07) is 6.51. The van der Waals surface area contributed by atoms with E-state index in [2.05, 4.69) is 5.32 Å². The highest BCUT2D eigenvalue weighted by atomic mass is 35.5. The maximum absolute atomic E-state index is 12.1. The zero-order valence-electron chi connectivity index (χ0n) is 11.2. The maximum atomic E-state index is 12.1. The number of aromatic hydroxyl groups is 1. The fourth-order valence-electron chi connectivity index (χ4n) is 1.77. The van der Waals surface area contributed by atoms with Crippen LogP contribution < -0.4 is 5.32 Å². The first-order chi connectivity index (χ1) is 10.8. The normalized spacial score (nSPS) is 10.1. The lowest BCUT2D eigenvalue weighted by molar-refractivity contribution is -0.394. The number of phenols is 1. The number of nitro benzene ring substituents is 2. The summed E-state index contributed by atoms with van der Waals surface area (Å²) in [5.74, 6) is -1.20. The second-order valence-electron chi connectivity index (χ2n) is 4.33. The summed E-state index contributed by atoms with van der Waals surface area (Å²) in [6.07, 6.45) is 0. The van der Waals surface area contributed by atoms with Gasteiger partial charge in [0.1, 0.15) is 11.3 Å². The molecule has 0 radical (unpaired) electrons. The highest BCUT2D eigenvalue weighted by Gasteiger charge is 2.24. The van der Waals surface area contributed by atoms with Crippen LogP contribution in [-0.4, -0.2) is 20.9 Å². The quantitative estimate of drug-likeness (QED) is 0.499. The van der Waals surface area contributed by atoms with Gasteiger partial charge >= 0.3 is 0 Å². The number of phenolic OH excluding ortho intramolecular Hbond substituents is 1. The van der Waals surface area contributed by atoms with Crippen LogP contribution in [0.4, 0.5) is 17.1 Å². The fourth-order valence-corrected chi connectivity index (χ4v) is 1.95. The number of nitro groups is 2. The molecule has 10 heteroatoms. The van der Waals surface area contributed by atoms with Crippen LogP contribution in [0.5, 0.6) is 5.75 Å². The SMILES string of the molecule is O=C(Nc1cc(Cl)ccc1O)c1ccc([N+](=O)[O-])cc1[N+](=O)[O-]. The molecule has 2 aromatic rings. The van der Waals surface area contributed by atoms with E-state index in [4.69, 9.17) is 11.6 Å². The highest BCUT2D eigenvalue weighted by molar-refractivity contribution is 6.31. The Balaban J connectivity index is 2.41. The van der Waals surface area contributed by atoms with Crippen molar-refractivity contribution in [3.8, 4) is 5.75 Å². The Morgan fingerprint density at radius 2 is 1.78 bits per heavy atom. The molecule has 23 heavy (non-hydrogen) atoms. The van der Waals surface area contributed by atoms with Crippen molar-refractivity contribution in [1.29, 1.82) is 0 Å².